The lowest BCUT2D eigenvalue weighted by Crippen LogP contribution is -2.45. The van der Waals surface area contributed by atoms with E-state index in [9.17, 15) is 9.59 Å². The molecule has 0 fully saturated rings. The highest BCUT2D eigenvalue weighted by atomic mass is 35.5. The van der Waals surface area contributed by atoms with Crippen molar-refractivity contribution >= 4 is 40.8 Å². The van der Waals surface area contributed by atoms with Gasteiger partial charge in [0.2, 0.25) is 5.82 Å². The number of hydrogen-bond donors (Lipinski definition) is 3. The Morgan fingerprint density at radius 1 is 1.00 bits per heavy atom. The van der Waals surface area contributed by atoms with Crippen LogP contribution in [0.5, 0.6) is 0 Å². The summed E-state index contributed by atoms with van der Waals surface area (Å²) in [6.07, 6.45) is 0. The van der Waals surface area contributed by atoms with Crippen molar-refractivity contribution < 1.29 is 9.59 Å². The molecule has 0 saturated carbocycles. The zero-order valence-corrected chi connectivity index (χ0v) is 15.2. The van der Waals surface area contributed by atoms with E-state index >= 15 is 0 Å². The topological polar surface area (TPSA) is 114 Å². The Balaban J connectivity index is 1.49. The number of anilines is 1. The van der Waals surface area contributed by atoms with E-state index in [1.54, 1.807) is 12.1 Å². The summed E-state index contributed by atoms with van der Waals surface area (Å²) >= 11 is 11.7. The van der Waals surface area contributed by atoms with Gasteiger partial charge in [0.25, 0.3) is 5.91 Å². The smallest absolute Gasteiger partial charge is 0.307 e. The summed E-state index contributed by atoms with van der Waals surface area (Å²) in [6, 6.07) is 13.2. The summed E-state index contributed by atoms with van der Waals surface area (Å²) in [4.78, 5) is 24.8. The number of halogens is 2. The Hall–Kier alpha value is -3.17. The van der Waals surface area contributed by atoms with Gasteiger partial charge in [0.05, 0.1) is 10.0 Å². The third kappa shape index (κ3) is 5.16. The minimum atomic E-state index is -0.654. The van der Waals surface area contributed by atoms with Gasteiger partial charge in [0.1, 0.15) is 6.54 Å². The van der Waals surface area contributed by atoms with Crippen LogP contribution in [0, 0.1) is 0 Å². The SMILES string of the molecule is O=C(Cn1nnc(-c2ccccc2)n1)NNC(=O)Nc1ccc(Cl)c(Cl)c1. The van der Waals surface area contributed by atoms with Crippen LogP contribution < -0.4 is 16.2 Å². The minimum Gasteiger partial charge on any atom is -0.307 e. The van der Waals surface area contributed by atoms with Crippen LogP contribution in [0.25, 0.3) is 11.4 Å². The predicted octanol–water partition coefficient (Wildman–Crippen LogP) is 2.50. The second kappa shape index (κ2) is 8.47. The lowest BCUT2D eigenvalue weighted by molar-refractivity contribution is -0.122. The predicted molar refractivity (Wildman–Crippen MR) is 100 cm³/mol. The number of amides is 3. The average Bonchev–Trinajstić information content (AvgIpc) is 3.12. The number of carbonyl (C=O) groups is 2. The average molecular weight is 406 g/mol. The molecule has 0 saturated heterocycles. The van der Waals surface area contributed by atoms with E-state index in [2.05, 4.69) is 31.6 Å². The Bertz CT molecular complexity index is 962. The third-order valence-electron chi connectivity index (χ3n) is 3.26. The van der Waals surface area contributed by atoms with Crippen LogP contribution in [0.3, 0.4) is 0 Å². The summed E-state index contributed by atoms with van der Waals surface area (Å²) in [5.41, 5.74) is 5.65. The van der Waals surface area contributed by atoms with Crippen molar-refractivity contribution in [1.29, 1.82) is 0 Å². The third-order valence-corrected chi connectivity index (χ3v) is 4.00. The number of nitrogens with one attached hydrogen (secondary N) is 3. The first-order valence-electron chi connectivity index (χ1n) is 7.65. The van der Waals surface area contributed by atoms with E-state index in [0.717, 1.165) is 10.4 Å². The van der Waals surface area contributed by atoms with Gasteiger partial charge in [-0.25, -0.2) is 10.2 Å². The van der Waals surface area contributed by atoms with Gasteiger partial charge in [-0.2, -0.15) is 4.80 Å². The molecule has 3 amide bonds. The molecule has 0 spiro atoms. The molecule has 0 aliphatic carbocycles. The number of aromatic nitrogens is 4. The molecule has 1 heterocycles. The van der Waals surface area contributed by atoms with Crippen LogP contribution in [0.1, 0.15) is 0 Å². The van der Waals surface area contributed by atoms with E-state index in [4.69, 9.17) is 23.2 Å². The van der Waals surface area contributed by atoms with E-state index in [1.807, 2.05) is 30.3 Å². The maximum absolute atomic E-state index is 11.9. The van der Waals surface area contributed by atoms with Crippen LogP contribution in [-0.2, 0) is 11.3 Å². The lowest BCUT2D eigenvalue weighted by Gasteiger charge is -2.09. The molecule has 11 heteroatoms. The summed E-state index contributed by atoms with van der Waals surface area (Å²) in [6.45, 7) is -0.215. The Morgan fingerprint density at radius 2 is 1.78 bits per heavy atom. The number of nitrogens with zero attached hydrogens (tertiary/aromatic N) is 4. The molecule has 1 aromatic heterocycles. The summed E-state index contributed by atoms with van der Waals surface area (Å²) in [5.74, 6) is -0.134. The largest absolute Gasteiger partial charge is 0.337 e. The molecule has 0 atom stereocenters. The second-order valence-electron chi connectivity index (χ2n) is 5.27. The zero-order chi connectivity index (χ0) is 19.2. The normalized spacial score (nSPS) is 10.3. The summed E-state index contributed by atoms with van der Waals surface area (Å²) in [7, 11) is 0. The highest BCUT2D eigenvalue weighted by Gasteiger charge is 2.10. The van der Waals surface area contributed by atoms with Crippen molar-refractivity contribution in [3.05, 3.63) is 58.6 Å². The number of hydrogen-bond acceptors (Lipinski definition) is 5. The van der Waals surface area contributed by atoms with Gasteiger partial charge in [0, 0.05) is 11.3 Å². The van der Waals surface area contributed by atoms with E-state index in [1.165, 1.54) is 6.07 Å². The van der Waals surface area contributed by atoms with E-state index in [-0.39, 0.29) is 6.54 Å². The first kappa shape index (κ1) is 18.6. The molecule has 3 aromatic rings. The van der Waals surface area contributed by atoms with Gasteiger partial charge in [-0.05, 0) is 23.4 Å². The fraction of sp³-hybridized carbons (Fsp3) is 0.0625. The van der Waals surface area contributed by atoms with Crippen molar-refractivity contribution in [3.63, 3.8) is 0 Å². The van der Waals surface area contributed by atoms with Crippen LogP contribution in [-0.4, -0.2) is 32.1 Å². The maximum atomic E-state index is 11.9. The monoisotopic (exact) mass is 405 g/mol. The molecule has 9 nitrogen and oxygen atoms in total. The molecule has 0 bridgehead atoms. The van der Waals surface area contributed by atoms with Crippen LogP contribution >= 0.6 is 23.2 Å². The highest BCUT2D eigenvalue weighted by molar-refractivity contribution is 6.42. The fourth-order valence-corrected chi connectivity index (χ4v) is 2.34. The first-order valence-corrected chi connectivity index (χ1v) is 8.41. The maximum Gasteiger partial charge on any atom is 0.337 e. The molecule has 3 N–H and O–H groups in total. The molecular weight excluding hydrogens is 393 g/mol. The summed E-state index contributed by atoms with van der Waals surface area (Å²) < 4.78 is 0. The van der Waals surface area contributed by atoms with E-state index < -0.39 is 11.9 Å². The van der Waals surface area contributed by atoms with Crippen molar-refractivity contribution in [1.82, 2.24) is 31.1 Å². The molecule has 138 valence electrons. The Morgan fingerprint density at radius 3 is 2.52 bits per heavy atom. The van der Waals surface area contributed by atoms with Gasteiger partial charge in [-0.15, -0.1) is 10.2 Å². The van der Waals surface area contributed by atoms with Crippen LogP contribution in [0.4, 0.5) is 10.5 Å². The second-order valence-corrected chi connectivity index (χ2v) is 6.08. The molecule has 3 rings (SSSR count). The Labute approximate surface area is 163 Å². The van der Waals surface area contributed by atoms with Crippen molar-refractivity contribution in [3.8, 4) is 11.4 Å². The van der Waals surface area contributed by atoms with Crippen molar-refractivity contribution in [2.75, 3.05) is 5.32 Å². The Kier molecular flexibility index (Phi) is 5.84. The highest BCUT2D eigenvalue weighted by Crippen LogP contribution is 2.24. The molecular formula is C16H13Cl2N7O2. The quantitative estimate of drug-likeness (QED) is 0.576. The number of benzene rings is 2. The van der Waals surface area contributed by atoms with E-state index in [0.29, 0.717) is 21.6 Å². The number of rotatable bonds is 4. The van der Waals surface area contributed by atoms with Gasteiger partial charge >= 0.3 is 6.03 Å². The number of hydrazine groups is 1. The van der Waals surface area contributed by atoms with Crippen LogP contribution in [0.2, 0.25) is 10.0 Å². The molecule has 0 unspecified atom stereocenters. The lowest BCUT2D eigenvalue weighted by atomic mass is 10.2. The minimum absolute atomic E-state index is 0.215. The molecule has 0 aliphatic rings. The molecule has 0 radical (unpaired) electrons. The molecule has 27 heavy (non-hydrogen) atoms. The zero-order valence-electron chi connectivity index (χ0n) is 13.7. The first-order chi connectivity index (χ1) is 13.0. The summed E-state index contributed by atoms with van der Waals surface area (Å²) in [5, 5.41) is 15.0. The van der Waals surface area contributed by atoms with Crippen molar-refractivity contribution in [2.45, 2.75) is 6.54 Å². The van der Waals surface area contributed by atoms with Crippen molar-refractivity contribution in [2.24, 2.45) is 0 Å². The fourth-order valence-electron chi connectivity index (χ4n) is 2.04. The number of tetrazole rings is 1. The van der Waals surface area contributed by atoms with Gasteiger partial charge < -0.3 is 5.32 Å². The van der Waals surface area contributed by atoms with Crippen LogP contribution in [0.15, 0.2) is 48.5 Å². The standard InChI is InChI=1S/C16H13Cl2N7O2/c17-12-7-6-11(8-13(12)18)19-16(27)22-20-14(26)9-25-23-15(21-24-25)10-4-2-1-3-5-10/h1-8H,9H2,(H,20,26)(H2,19,22,27). The number of urea groups is 1. The van der Waals surface area contributed by atoms with Gasteiger partial charge in [-0.1, -0.05) is 53.5 Å². The number of carbonyl (C=O) groups excluding carboxylic acids is 2. The van der Waals surface area contributed by atoms with Gasteiger partial charge in [-0.3, -0.25) is 10.2 Å². The molecule has 2 aromatic carbocycles. The van der Waals surface area contributed by atoms with Gasteiger partial charge in [0.15, 0.2) is 0 Å². The molecule has 0 aliphatic heterocycles.